The highest BCUT2D eigenvalue weighted by Gasteiger charge is 2.43. The van der Waals surface area contributed by atoms with E-state index in [0.717, 1.165) is 30.9 Å². The van der Waals surface area contributed by atoms with Gasteiger partial charge in [0.1, 0.15) is 0 Å². The minimum atomic E-state index is -0.156. The van der Waals surface area contributed by atoms with Crippen molar-refractivity contribution in [3.63, 3.8) is 0 Å². The number of nitrogens with one attached hydrogen (secondary N) is 1. The van der Waals surface area contributed by atoms with Crippen LogP contribution in [-0.2, 0) is 11.2 Å². The molecule has 1 aromatic rings. The van der Waals surface area contributed by atoms with Gasteiger partial charge < -0.3 is 5.32 Å². The van der Waals surface area contributed by atoms with Crippen molar-refractivity contribution in [1.82, 2.24) is 10.3 Å². The fourth-order valence-corrected chi connectivity index (χ4v) is 3.37. The van der Waals surface area contributed by atoms with Gasteiger partial charge in [-0.2, -0.15) is 0 Å². The second-order valence-corrected chi connectivity index (χ2v) is 6.82. The van der Waals surface area contributed by atoms with Crippen LogP contribution in [0.4, 0.5) is 0 Å². The van der Waals surface area contributed by atoms with Crippen LogP contribution in [0.1, 0.15) is 52.1 Å². The van der Waals surface area contributed by atoms with Gasteiger partial charge >= 0.3 is 0 Å². The maximum atomic E-state index is 12.7. The Morgan fingerprint density at radius 1 is 1.38 bits per heavy atom. The van der Waals surface area contributed by atoms with Crippen LogP contribution in [-0.4, -0.2) is 17.4 Å². The molecule has 1 heterocycles. The van der Waals surface area contributed by atoms with Crippen LogP contribution in [0.5, 0.6) is 0 Å². The van der Waals surface area contributed by atoms with Gasteiger partial charge in [0, 0.05) is 24.9 Å². The van der Waals surface area contributed by atoms with Gasteiger partial charge in [0.25, 0.3) is 0 Å². The van der Waals surface area contributed by atoms with Crippen LogP contribution >= 0.6 is 0 Å². The molecular formula is C18H28N2O. The Kier molecular flexibility index (Phi) is 5.38. The van der Waals surface area contributed by atoms with Crippen molar-refractivity contribution in [2.24, 2.45) is 17.3 Å². The Hall–Kier alpha value is -1.38. The molecule has 1 amide bonds. The third-order valence-electron chi connectivity index (χ3n) is 5.12. The predicted molar refractivity (Wildman–Crippen MR) is 85.9 cm³/mol. The van der Waals surface area contributed by atoms with Crippen LogP contribution in [0.2, 0.25) is 0 Å². The first-order valence-corrected chi connectivity index (χ1v) is 8.23. The van der Waals surface area contributed by atoms with Crippen molar-refractivity contribution in [3.05, 3.63) is 30.1 Å². The molecule has 1 aliphatic rings. The van der Waals surface area contributed by atoms with Crippen LogP contribution in [0.25, 0.3) is 0 Å². The topological polar surface area (TPSA) is 42.0 Å². The number of carbonyl (C=O) groups is 1. The summed E-state index contributed by atoms with van der Waals surface area (Å²) < 4.78 is 0. The fraction of sp³-hybridized carbons (Fsp3) is 0.667. The second-order valence-electron chi connectivity index (χ2n) is 6.82. The van der Waals surface area contributed by atoms with Crippen molar-refractivity contribution in [3.8, 4) is 0 Å². The first-order chi connectivity index (χ1) is 10.0. The van der Waals surface area contributed by atoms with Gasteiger partial charge in [0.2, 0.25) is 5.91 Å². The lowest BCUT2D eigenvalue weighted by Gasteiger charge is -2.41. The molecule has 2 rings (SSSR count). The van der Waals surface area contributed by atoms with E-state index in [4.69, 9.17) is 0 Å². The Labute approximate surface area is 128 Å². The highest BCUT2D eigenvalue weighted by molar-refractivity contribution is 5.83. The number of carbonyl (C=O) groups excluding carboxylic acids is 1. The number of pyridine rings is 1. The predicted octanol–water partition coefficient (Wildman–Crippen LogP) is 3.59. The van der Waals surface area contributed by atoms with Crippen molar-refractivity contribution in [2.45, 2.75) is 52.9 Å². The SMILES string of the molecule is CC1CCC(C(=O)NCCc2ccccn2)(C(C)C)CC1. The molecule has 0 atom stereocenters. The zero-order valence-electron chi connectivity index (χ0n) is 13.6. The van der Waals surface area contributed by atoms with E-state index in [0.29, 0.717) is 12.5 Å². The summed E-state index contributed by atoms with van der Waals surface area (Å²) in [7, 11) is 0. The number of aromatic nitrogens is 1. The van der Waals surface area contributed by atoms with E-state index in [1.165, 1.54) is 12.8 Å². The Morgan fingerprint density at radius 2 is 2.10 bits per heavy atom. The molecule has 1 saturated carbocycles. The zero-order valence-corrected chi connectivity index (χ0v) is 13.6. The van der Waals surface area contributed by atoms with Gasteiger partial charge in [-0.05, 0) is 49.7 Å². The van der Waals surface area contributed by atoms with E-state index in [1.54, 1.807) is 6.20 Å². The highest BCUT2D eigenvalue weighted by Crippen LogP contribution is 2.44. The minimum Gasteiger partial charge on any atom is -0.355 e. The van der Waals surface area contributed by atoms with Gasteiger partial charge in [-0.15, -0.1) is 0 Å². The molecule has 116 valence electrons. The van der Waals surface area contributed by atoms with E-state index in [2.05, 4.69) is 31.1 Å². The lowest BCUT2D eigenvalue weighted by Crippen LogP contribution is -2.47. The van der Waals surface area contributed by atoms with Crippen molar-refractivity contribution in [1.29, 1.82) is 0 Å². The standard InChI is InChI=1S/C18H28N2O/c1-14(2)18(10-7-15(3)8-11-18)17(21)20-13-9-16-6-4-5-12-19-16/h4-6,12,14-15H,7-11,13H2,1-3H3,(H,20,21). The smallest absolute Gasteiger partial charge is 0.226 e. The third-order valence-corrected chi connectivity index (χ3v) is 5.12. The molecule has 0 bridgehead atoms. The molecule has 1 aliphatic carbocycles. The molecule has 1 N–H and O–H groups in total. The van der Waals surface area contributed by atoms with E-state index in [1.807, 2.05) is 18.2 Å². The molecule has 0 unspecified atom stereocenters. The monoisotopic (exact) mass is 288 g/mol. The largest absolute Gasteiger partial charge is 0.355 e. The molecule has 0 radical (unpaired) electrons. The average Bonchev–Trinajstić information content (AvgIpc) is 2.49. The van der Waals surface area contributed by atoms with Gasteiger partial charge in [-0.1, -0.05) is 26.8 Å². The maximum absolute atomic E-state index is 12.7. The second kappa shape index (κ2) is 7.06. The summed E-state index contributed by atoms with van der Waals surface area (Å²) in [6, 6.07) is 5.91. The summed E-state index contributed by atoms with van der Waals surface area (Å²) in [4.78, 5) is 17.0. The quantitative estimate of drug-likeness (QED) is 0.899. The molecule has 3 heteroatoms. The average molecular weight is 288 g/mol. The van der Waals surface area contributed by atoms with Crippen LogP contribution in [0.15, 0.2) is 24.4 Å². The number of rotatable bonds is 5. The molecule has 1 aromatic heterocycles. The third kappa shape index (κ3) is 3.84. The minimum absolute atomic E-state index is 0.156. The summed E-state index contributed by atoms with van der Waals surface area (Å²) in [6.07, 6.45) is 7.01. The van der Waals surface area contributed by atoms with E-state index in [9.17, 15) is 4.79 Å². The summed E-state index contributed by atoms with van der Waals surface area (Å²) >= 11 is 0. The molecule has 1 fully saturated rings. The van der Waals surface area contributed by atoms with Crippen molar-refractivity contribution < 1.29 is 4.79 Å². The van der Waals surface area contributed by atoms with Crippen LogP contribution in [0, 0.1) is 17.3 Å². The molecule has 0 spiro atoms. The number of nitrogens with zero attached hydrogens (tertiary/aromatic N) is 1. The number of hydrogen-bond donors (Lipinski definition) is 1. The summed E-state index contributed by atoms with van der Waals surface area (Å²) in [6.45, 7) is 7.35. The zero-order chi connectivity index (χ0) is 15.3. The van der Waals surface area contributed by atoms with E-state index < -0.39 is 0 Å². The molecule has 0 saturated heterocycles. The van der Waals surface area contributed by atoms with Crippen molar-refractivity contribution >= 4 is 5.91 Å². The molecule has 0 aromatic carbocycles. The maximum Gasteiger partial charge on any atom is 0.226 e. The van der Waals surface area contributed by atoms with Gasteiger partial charge in [-0.3, -0.25) is 9.78 Å². The lowest BCUT2D eigenvalue weighted by molar-refractivity contribution is -0.136. The first kappa shape index (κ1) is 16.0. The Balaban J connectivity index is 1.90. The molecule has 0 aliphatic heterocycles. The first-order valence-electron chi connectivity index (χ1n) is 8.23. The Morgan fingerprint density at radius 3 is 2.67 bits per heavy atom. The lowest BCUT2D eigenvalue weighted by atomic mass is 9.64. The number of amides is 1. The van der Waals surface area contributed by atoms with Gasteiger partial charge in [-0.25, -0.2) is 0 Å². The Bertz CT molecular complexity index is 448. The van der Waals surface area contributed by atoms with Gasteiger partial charge in [0.15, 0.2) is 0 Å². The van der Waals surface area contributed by atoms with E-state index >= 15 is 0 Å². The highest BCUT2D eigenvalue weighted by atomic mass is 16.2. The molecule has 21 heavy (non-hydrogen) atoms. The fourth-order valence-electron chi connectivity index (χ4n) is 3.37. The summed E-state index contributed by atoms with van der Waals surface area (Å²) in [5.74, 6) is 1.42. The normalized spacial score (nSPS) is 25.8. The summed E-state index contributed by atoms with van der Waals surface area (Å²) in [5, 5.41) is 3.16. The van der Waals surface area contributed by atoms with Crippen LogP contribution < -0.4 is 5.32 Å². The van der Waals surface area contributed by atoms with Gasteiger partial charge in [0.05, 0.1) is 5.41 Å². The van der Waals surface area contributed by atoms with E-state index in [-0.39, 0.29) is 11.3 Å². The summed E-state index contributed by atoms with van der Waals surface area (Å²) in [5.41, 5.74) is 0.880. The van der Waals surface area contributed by atoms with Crippen LogP contribution in [0.3, 0.4) is 0 Å². The molecule has 3 nitrogen and oxygen atoms in total. The van der Waals surface area contributed by atoms with Crippen molar-refractivity contribution in [2.75, 3.05) is 6.54 Å². The molecular weight excluding hydrogens is 260 g/mol. The number of hydrogen-bond acceptors (Lipinski definition) is 2.